The summed E-state index contributed by atoms with van der Waals surface area (Å²) in [4.78, 5) is 57.2. The van der Waals surface area contributed by atoms with Gasteiger partial charge in [-0.25, -0.2) is 39.6 Å². The monoisotopic (exact) mass is 993 g/mol. The maximum Gasteiger partial charge on any atom is 1.00 e. The SMILES string of the molecule is C/C=C\C(=O)O.C=CC(=O)NC(C)(C)CS(=O)(=O)[O-].C=CC(=O)O.C=CC(=O)OCCCS(=O)(=O)[O-].C=Cc1ccc(P(=O)(O)O)cc1.C=Cc1ccc(S(=O)(=O)[O-])cc1.[Na+].[Na+].[Na+]. The number of carbonyl (C=O) groups is 4. The molecule has 0 atom stereocenters. The first-order valence-corrected chi connectivity index (χ1v) is 22.2. The van der Waals surface area contributed by atoms with E-state index in [4.69, 9.17) is 20.0 Å². The number of hydrogen-bond donors (Lipinski definition) is 5. The third-order valence-electron chi connectivity index (χ3n) is 5.49. The Morgan fingerprint density at radius 1 is 0.730 bits per heavy atom. The first-order valence-electron chi connectivity index (χ1n) is 16.0. The second kappa shape index (κ2) is 38.9. The maximum absolute atomic E-state index is 10.8. The first-order chi connectivity index (χ1) is 27.2. The van der Waals surface area contributed by atoms with Crippen LogP contribution in [0.5, 0.6) is 0 Å². The van der Waals surface area contributed by atoms with Gasteiger partial charge in [-0.05, 0) is 68.7 Å². The molecule has 0 aliphatic rings. The standard InChI is InChI=1S/C8H9O3P.C8H8O3S.C7H13NO4S.C6H10O5S.C4H6O2.C3H4O2.3Na/c2*1-2-7-3-5-8(6-4-7)12(9,10)11;1-4-6(9)8-7(2,3)5-13(10,11)12;1-2-6(7)11-4-3-5-12(8,9)10;1-2-3-4(5)6;1-2-3(4)5;;;/h2-6H,1H2,(H2,9,10,11);2-6H,1H2,(H,9,10,11);4H,1,5H2,2-3H3,(H,8,9)(H,10,11,12);2H,1,3-5H2,(H,8,9,10);2-3H,1H3,(H,5,6);2H,1H2,(H,4,5);;;/q;;;;;;3*+1/p-3/b;;;;3-2-;;;;. The van der Waals surface area contributed by atoms with E-state index in [1.54, 1.807) is 31.2 Å². The fourth-order valence-corrected chi connectivity index (χ4v) is 5.48. The van der Waals surface area contributed by atoms with Crippen molar-refractivity contribution in [3.8, 4) is 0 Å². The van der Waals surface area contributed by atoms with Crippen molar-refractivity contribution >= 4 is 79.2 Å². The van der Waals surface area contributed by atoms with Crippen molar-refractivity contribution in [2.75, 3.05) is 18.1 Å². The molecule has 0 radical (unpaired) electrons. The summed E-state index contributed by atoms with van der Waals surface area (Å²) in [6.07, 6.45) is 8.57. The van der Waals surface area contributed by atoms with E-state index < -0.39 is 78.8 Å². The van der Waals surface area contributed by atoms with Crippen molar-refractivity contribution in [1.29, 1.82) is 0 Å². The predicted octanol–water partition coefficient (Wildman–Crippen LogP) is -6.45. The van der Waals surface area contributed by atoms with Gasteiger partial charge in [0.1, 0.15) is 10.1 Å². The molecular weight excluding hydrogens is 947 g/mol. The molecule has 20 nitrogen and oxygen atoms in total. The molecule has 1 amide bonds. The number of ether oxygens (including phenoxy) is 1. The van der Waals surface area contributed by atoms with E-state index >= 15 is 0 Å². The van der Waals surface area contributed by atoms with E-state index in [2.05, 4.69) is 42.9 Å². The summed E-state index contributed by atoms with van der Waals surface area (Å²) in [5.74, 6) is -4.16. The number of nitrogens with one attached hydrogen (secondary N) is 1. The van der Waals surface area contributed by atoms with Gasteiger partial charge in [0.05, 0.1) is 42.8 Å². The Balaban J connectivity index is -0.000000121. The molecule has 5 N–H and O–H groups in total. The Morgan fingerprint density at radius 2 is 1.14 bits per heavy atom. The third-order valence-corrected chi connectivity index (χ3v) is 9.17. The molecule has 0 spiro atoms. The van der Waals surface area contributed by atoms with E-state index in [0.29, 0.717) is 0 Å². The molecule has 0 heterocycles. The van der Waals surface area contributed by atoms with Gasteiger partial charge in [-0.3, -0.25) is 9.36 Å². The predicted molar refractivity (Wildman–Crippen MR) is 220 cm³/mol. The molecule has 63 heavy (non-hydrogen) atoms. The molecule has 0 saturated heterocycles. The van der Waals surface area contributed by atoms with E-state index in [-0.39, 0.29) is 112 Å². The number of aliphatic carboxylic acids is 2. The molecule has 2 aromatic carbocycles. The van der Waals surface area contributed by atoms with Crippen LogP contribution in [0.25, 0.3) is 12.2 Å². The Kier molecular flexibility index (Phi) is 46.2. The number of hydrogen-bond acceptors (Lipinski definition) is 15. The summed E-state index contributed by atoms with van der Waals surface area (Å²) in [6.45, 7) is 20.8. The van der Waals surface area contributed by atoms with Crippen LogP contribution in [0.3, 0.4) is 0 Å². The maximum atomic E-state index is 10.8. The summed E-state index contributed by atoms with van der Waals surface area (Å²) in [5, 5.41) is 17.8. The molecule has 0 aliphatic carbocycles. The Morgan fingerprint density at radius 3 is 1.40 bits per heavy atom. The van der Waals surface area contributed by atoms with E-state index in [1.807, 2.05) is 0 Å². The van der Waals surface area contributed by atoms with Gasteiger partial charge in [0.2, 0.25) is 5.91 Å². The fourth-order valence-electron chi connectivity index (χ4n) is 3.05. The summed E-state index contributed by atoms with van der Waals surface area (Å²) >= 11 is 0. The smallest absolute Gasteiger partial charge is 0.748 e. The van der Waals surface area contributed by atoms with Crippen LogP contribution in [0.1, 0.15) is 38.3 Å². The molecule has 0 saturated carbocycles. The Bertz CT molecular complexity index is 2160. The second-order valence-electron chi connectivity index (χ2n) is 11.2. The van der Waals surface area contributed by atoms with Crippen LogP contribution in [0.2, 0.25) is 0 Å². The molecule has 0 fully saturated rings. The van der Waals surface area contributed by atoms with Gasteiger partial charge in [-0.1, -0.05) is 75.4 Å². The summed E-state index contributed by atoms with van der Waals surface area (Å²) in [5.41, 5.74) is 0.556. The van der Waals surface area contributed by atoms with Gasteiger partial charge in [-0.15, -0.1) is 0 Å². The molecule has 0 aromatic heterocycles. The van der Waals surface area contributed by atoms with Crippen molar-refractivity contribution < 1.29 is 176 Å². The van der Waals surface area contributed by atoms with Crippen molar-refractivity contribution in [1.82, 2.24) is 5.32 Å². The summed E-state index contributed by atoms with van der Waals surface area (Å²) in [6, 6.07) is 11.6. The topological polar surface area (TPSA) is 359 Å². The minimum Gasteiger partial charge on any atom is -0.748 e. The molecule has 2 rings (SSSR count). The van der Waals surface area contributed by atoms with Crippen molar-refractivity contribution in [2.45, 2.75) is 37.6 Å². The Labute approximate surface area is 434 Å². The number of amides is 1. The van der Waals surface area contributed by atoms with E-state index in [0.717, 1.165) is 35.4 Å². The Hall–Kier alpha value is -2.36. The number of carboxylic acids is 2. The minimum absolute atomic E-state index is 0. The van der Waals surface area contributed by atoms with Crippen LogP contribution < -0.4 is 99.3 Å². The molecule has 27 heteroatoms. The average molecular weight is 994 g/mol. The number of esters is 1. The largest absolute Gasteiger partial charge is 1.00 e. The zero-order chi connectivity index (χ0) is 48.0. The van der Waals surface area contributed by atoms with Gasteiger partial charge in [-0.2, -0.15) is 0 Å². The summed E-state index contributed by atoms with van der Waals surface area (Å²) < 4.78 is 108. The van der Waals surface area contributed by atoms with Crippen LogP contribution in [-0.4, -0.2) is 106 Å². The summed E-state index contributed by atoms with van der Waals surface area (Å²) in [7, 11) is -16.9. The van der Waals surface area contributed by atoms with Gasteiger partial charge in [0.25, 0.3) is 0 Å². The molecular formula is C36H47NNa3O19PS3. The quantitative estimate of drug-likeness (QED) is 0.0277. The zero-order valence-corrected chi connectivity index (χ0v) is 45.0. The van der Waals surface area contributed by atoms with Crippen molar-refractivity contribution in [2.24, 2.45) is 0 Å². The van der Waals surface area contributed by atoms with E-state index in [9.17, 15) is 62.7 Å². The van der Waals surface area contributed by atoms with Crippen LogP contribution in [0.4, 0.5) is 0 Å². The van der Waals surface area contributed by atoms with Gasteiger partial charge >= 0.3 is 114 Å². The van der Waals surface area contributed by atoms with Gasteiger partial charge in [0.15, 0.2) is 0 Å². The van der Waals surface area contributed by atoms with E-state index in [1.165, 1.54) is 56.3 Å². The first kappa shape index (κ1) is 75.0. The van der Waals surface area contributed by atoms with Crippen LogP contribution in [-0.2, 0) is 58.8 Å². The fraction of sp³-hybridized carbons (Fsp3) is 0.222. The van der Waals surface area contributed by atoms with Crippen molar-refractivity contribution in [3.05, 3.63) is 123 Å². The number of benzene rings is 2. The molecule has 0 aliphatic heterocycles. The molecule has 0 unspecified atom stereocenters. The van der Waals surface area contributed by atoms with Crippen LogP contribution >= 0.6 is 7.60 Å². The van der Waals surface area contributed by atoms with Gasteiger partial charge < -0.3 is 43.7 Å². The molecule has 336 valence electrons. The zero-order valence-electron chi connectivity index (χ0n) is 35.6. The van der Waals surface area contributed by atoms with Crippen LogP contribution in [0.15, 0.2) is 117 Å². The minimum atomic E-state index is -4.33. The number of allylic oxidation sites excluding steroid dienone is 1. The molecule has 2 aromatic rings. The average Bonchev–Trinajstić information content (AvgIpc) is 3.12. The third kappa shape index (κ3) is 52.2. The number of carboxylic acid groups (broad SMARTS) is 2. The number of rotatable bonds is 15. The second-order valence-corrected chi connectivity index (χ2v) is 17.1. The molecule has 0 bridgehead atoms. The van der Waals surface area contributed by atoms with Crippen LogP contribution in [0, 0.1) is 0 Å². The number of carbonyl (C=O) groups excluding carboxylic acids is 2. The normalized spacial score (nSPS) is 10.2. The van der Waals surface area contributed by atoms with Gasteiger partial charge in [0, 0.05) is 29.5 Å². The van der Waals surface area contributed by atoms with Crippen molar-refractivity contribution in [3.63, 3.8) is 0 Å².